The van der Waals surface area contributed by atoms with Gasteiger partial charge in [-0.25, -0.2) is 4.39 Å². The van der Waals surface area contributed by atoms with Gasteiger partial charge in [-0.1, -0.05) is 43.6 Å². The second-order valence-corrected chi connectivity index (χ2v) is 7.58. The lowest BCUT2D eigenvalue weighted by Crippen LogP contribution is -2.15. The first-order chi connectivity index (χ1) is 12.0. The van der Waals surface area contributed by atoms with Crippen LogP contribution in [0.5, 0.6) is 0 Å². The Bertz CT molecular complexity index is 903. The van der Waals surface area contributed by atoms with Gasteiger partial charge in [0.15, 0.2) is 0 Å². The summed E-state index contributed by atoms with van der Waals surface area (Å²) < 4.78 is 16.8. The molecule has 1 amide bonds. The number of nitrogens with zero attached hydrogens (tertiary/aromatic N) is 4. The van der Waals surface area contributed by atoms with E-state index in [1.165, 1.54) is 16.8 Å². The van der Waals surface area contributed by atoms with Gasteiger partial charge >= 0.3 is 0 Å². The summed E-state index contributed by atoms with van der Waals surface area (Å²) in [5, 5.41) is 14.5. The van der Waals surface area contributed by atoms with Gasteiger partial charge in [0.2, 0.25) is 11.1 Å². The number of nitrogens with one attached hydrogen (secondary N) is 1. The molecule has 0 aliphatic heterocycles. The molecule has 0 atom stereocenters. The van der Waals surface area contributed by atoms with E-state index in [9.17, 15) is 9.18 Å². The number of benzene rings is 2. The number of thioether (sulfide) groups is 1. The Morgan fingerprint density at radius 2 is 1.88 bits per heavy atom. The Balaban J connectivity index is 1.65. The summed E-state index contributed by atoms with van der Waals surface area (Å²) in [5.74, 6) is -0.809. The molecular formula is C15H10Br2FN5OS. The van der Waals surface area contributed by atoms with Crippen LogP contribution in [0.2, 0.25) is 0 Å². The zero-order valence-electron chi connectivity index (χ0n) is 12.5. The molecule has 0 saturated heterocycles. The number of rotatable bonds is 5. The number of tetrazole rings is 1. The van der Waals surface area contributed by atoms with Gasteiger partial charge in [-0.05, 0) is 52.9 Å². The number of carbonyl (C=O) groups is 1. The maximum atomic E-state index is 13.8. The molecule has 0 unspecified atom stereocenters. The highest BCUT2D eigenvalue weighted by atomic mass is 79.9. The fraction of sp³-hybridized carbons (Fsp3) is 0.0667. The van der Waals surface area contributed by atoms with E-state index >= 15 is 0 Å². The molecule has 0 aliphatic carbocycles. The molecule has 1 N–H and O–H groups in total. The van der Waals surface area contributed by atoms with Gasteiger partial charge in [0.25, 0.3) is 0 Å². The second-order valence-electron chi connectivity index (χ2n) is 4.81. The quantitative estimate of drug-likeness (QED) is 0.550. The van der Waals surface area contributed by atoms with Crippen LogP contribution in [0, 0.1) is 5.82 Å². The number of hydrogen-bond acceptors (Lipinski definition) is 5. The topological polar surface area (TPSA) is 72.7 Å². The van der Waals surface area contributed by atoms with Crippen LogP contribution in [0.25, 0.3) is 5.69 Å². The highest BCUT2D eigenvalue weighted by molar-refractivity contribution is 9.10. The van der Waals surface area contributed by atoms with E-state index in [1.807, 2.05) is 24.3 Å². The van der Waals surface area contributed by atoms with E-state index in [2.05, 4.69) is 52.7 Å². The number of hydrogen-bond donors (Lipinski definition) is 1. The van der Waals surface area contributed by atoms with Gasteiger partial charge in [-0.2, -0.15) is 4.68 Å². The fourth-order valence-corrected chi connectivity index (χ4v) is 3.21. The van der Waals surface area contributed by atoms with Crippen molar-refractivity contribution in [2.24, 2.45) is 0 Å². The van der Waals surface area contributed by atoms with Crippen molar-refractivity contribution in [2.75, 3.05) is 11.1 Å². The first kappa shape index (κ1) is 18.0. The van der Waals surface area contributed by atoms with E-state index in [1.54, 1.807) is 6.07 Å². The van der Waals surface area contributed by atoms with Crippen molar-refractivity contribution in [1.29, 1.82) is 0 Å². The van der Waals surface area contributed by atoms with Crippen molar-refractivity contribution in [3.05, 3.63) is 57.2 Å². The minimum Gasteiger partial charge on any atom is -0.323 e. The summed E-state index contributed by atoms with van der Waals surface area (Å²) in [7, 11) is 0. The Morgan fingerprint density at radius 1 is 1.16 bits per heavy atom. The first-order valence-electron chi connectivity index (χ1n) is 6.95. The zero-order chi connectivity index (χ0) is 17.8. The Kier molecular flexibility index (Phi) is 5.82. The van der Waals surface area contributed by atoms with Crippen LogP contribution in [0.4, 0.5) is 10.1 Å². The van der Waals surface area contributed by atoms with E-state index in [4.69, 9.17) is 0 Å². The highest BCUT2D eigenvalue weighted by Crippen LogP contribution is 2.22. The molecule has 0 aliphatic rings. The lowest BCUT2D eigenvalue weighted by atomic mass is 10.3. The Labute approximate surface area is 163 Å². The van der Waals surface area contributed by atoms with Crippen LogP contribution in [0.3, 0.4) is 0 Å². The lowest BCUT2D eigenvalue weighted by molar-refractivity contribution is -0.113. The predicted octanol–water partition coefficient (Wildman–Crippen LogP) is 4.06. The third-order valence-corrected chi connectivity index (χ3v) is 4.99. The SMILES string of the molecule is O=C(CSc1nnnn1-c1ccc(Br)cc1)Nc1ccc(Br)cc1F. The normalized spacial score (nSPS) is 10.7. The van der Waals surface area contributed by atoms with Crippen molar-refractivity contribution in [3.8, 4) is 5.69 Å². The largest absolute Gasteiger partial charge is 0.323 e. The molecule has 25 heavy (non-hydrogen) atoms. The molecule has 10 heteroatoms. The van der Waals surface area contributed by atoms with E-state index in [-0.39, 0.29) is 17.3 Å². The molecule has 2 aromatic carbocycles. The van der Waals surface area contributed by atoms with Crippen molar-refractivity contribution >= 4 is 55.2 Å². The number of aromatic nitrogens is 4. The number of amides is 1. The standard InChI is InChI=1S/C15H10Br2FN5OS/c16-9-1-4-11(5-2-9)23-15(20-21-22-23)25-8-14(24)19-13-6-3-10(17)7-12(13)18/h1-7H,8H2,(H,19,24). The molecule has 0 spiro atoms. The van der Waals surface area contributed by atoms with Crippen molar-refractivity contribution in [3.63, 3.8) is 0 Å². The minimum absolute atomic E-state index is 0.0480. The molecule has 1 heterocycles. The van der Waals surface area contributed by atoms with E-state index < -0.39 is 5.82 Å². The zero-order valence-corrected chi connectivity index (χ0v) is 16.5. The van der Waals surface area contributed by atoms with Gasteiger partial charge in [0.1, 0.15) is 5.82 Å². The molecular weight excluding hydrogens is 477 g/mol. The summed E-state index contributed by atoms with van der Waals surface area (Å²) >= 11 is 7.70. The maximum absolute atomic E-state index is 13.8. The summed E-state index contributed by atoms with van der Waals surface area (Å²) in [5.41, 5.74) is 0.899. The molecule has 128 valence electrons. The van der Waals surface area contributed by atoms with Gasteiger partial charge < -0.3 is 5.32 Å². The number of anilines is 1. The third kappa shape index (κ3) is 4.65. The summed E-state index contributed by atoms with van der Waals surface area (Å²) in [4.78, 5) is 12.0. The van der Waals surface area contributed by atoms with Gasteiger partial charge in [-0.3, -0.25) is 4.79 Å². The molecule has 0 radical (unpaired) electrons. The molecule has 1 aromatic heterocycles. The third-order valence-electron chi connectivity index (χ3n) is 3.05. The van der Waals surface area contributed by atoms with Gasteiger partial charge in [-0.15, -0.1) is 5.10 Å². The maximum Gasteiger partial charge on any atom is 0.234 e. The van der Waals surface area contributed by atoms with Gasteiger partial charge in [0.05, 0.1) is 17.1 Å². The molecule has 0 saturated carbocycles. The molecule has 6 nitrogen and oxygen atoms in total. The Morgan fingerprint density at radius 3 is 2.60 bits per heavy atom. The molecule has 0 fully saturated rings. The van der Waals surface area contributed by atoms with Crippen LogP contribution in [-0.4, -0.2) is 31.9 Å². The number of carbonyl (C=O) groups excluding carboxylic acids is 1. The van der Waals surface area contributed by atoms with Crippen molar-refractivity contribution in [1.82, 2.24) is 20.2 Å². The van der Waals surface area contributed by atoms with Crippen LogP contribution in [0.1, 0.15) is 0 Å². The van der Waals surface area contributed by atoms with Crippen LogP contribution in [-0.2, 0) is 4.79 Å². The molecule has 3 aromatic rings. The monoisotopic (exact) mass is 485 g/mol. The first-order valence-corrected chi connectivity index (χ1v) is 9.52. The van der Waals surface area contributed by atoms with E-state index in [0.29, 0.717) is 9.63 Å². The average Bonchev–Trinajstić information content (AvgIpc) is 3.05. The van der Waals surface area contributed by atoms with Crippen molar-refractivity contribution in [2.45, 2.75) is 5.16 Å². The van der Waals surface area contributed by atoms with E-state index in [0.717, 1.165) is 21.9 Å². The smallest absolute Gasteiger partial charge is 0.234 e. The molecule has 3 rings (SSSR count). The predicted molar refractivity (Wildman–Crippen MR) is 100 cm³/mol. The van der Waals surface area contributed by atoms with Crippen LogP contribution in [0.15, 0.2) is 56.6 Å². The minimum atomic E-state index is -0.507. The number of halogens is 3. The Hall–Kier alpha value is -1.78. The summed E-state index contributed by atoms with van der Waals surface area (Å²) in [6.07, 6.45) is 0. The molecule has 0 bridgehead atoms. The van der Waals surface area contributed by atoms with Gasteiger partial charge in [0, 0.05) is 8.95 Å². The summed E-state index contributed by atoms with van der Waals surface area (Å²) in [6.45, 7) is 0. The highest BCUT2D eigenvalue weighted by Gasteiger charge is 2.13. The van der Waals surface area contributed by atoms with Crippen LogP contribution >= 0.6 is 43.6 Å². The second kappa shape index (κ2) is 8.07. The lowest BCUT2D eigenvalue weighted by Gasteiger charge is -2.07. The fourth-order valence-electron chi connectivity index (χ4n) is 1.92. The average molecular weight is 487 g/mol. The summed E-state index contributed by atoms with van der Waals surface area (Å²) in [6, 6.07) is 11.9. The van der Waals surface area contributed by atoms with Crippen LogP contribution < -0.4 is 5.32 Å². The van der Waals surface area contributed by atoms with Crippen molar-refractivity contribution < 1.29 is 9.18 Å².